The molecule has 6 heteroatoms. The van der Waals surface area contributed by atoms with Crippen LogP contribution in [0.4, 0.5) is 0 Å². The minimum atomic E-state index is 0.173. The van der Waals surface area contributed by atoms with Crippen molar-refractivity contribution in [2.45, 2.75) is 18.9 Å². The van der Waals surface area contributed by atoms with E-state index >= 15 is 0 Å². The lowest BCUT2D eigenvalue weighted by atomic mass is 10.3. The second-order valence-electron chi connectivity index (χ2n) is 6.26. The number of hydrogen-bond donors (Lipinski definition) is 1. The summed E-state index contributed by atoms with van der Waals surface area (Å²) in [6, 6.07) is 7.90. The van der Waals surface area contributed by atoms with Gasteiger partial charge in [-0.05, 0) is 37.1 Å². The van der Waals surface area contributed by atoms with Crippen LogP contribution in [0.15, 0.2) is 24.3 Å². The van der Waals surface area contributed by atoms with Gasteiger partial charge in [0.25, 0.3) is 0 Å². The SMILES string of the molecule is O=C(CN1CCN(CCOc2ccc(Cl)cc2)CC1)NC1CC1. The highest BCUT2D eigenvalue weighted by Crippen LogP contribution is 2.18. The Morgan fingerprint density at radius 3 is 2.43 bits per heavy atom. The largest absolute Gasteiger partial charge is 0.492 e. The first kappa shape index (κ1) is 16.6. The lowest BCUT2D eigenvalue weighted by Crippen LogP contribution is -2.50. The second-order valence-corrected chi connectivity index (χ2v) is 6.70. The molecule has 5 nitrogen and oxygen atoms in total. The van der Waals surface area contributed by atoms with Crippen LogP contribution in [0.1, 0.15) is 12.8 Å². The monoisotopic (exact) mass is 337 g/mol. The smallest absolute Gasteiger partial charge is 0.234 e. The summed E-state index contributed by atoms with van der Waals surface area (Å²) in [5.41, 5.74) is 0. The third-order valence-electron chi connectivity index (χ3n) is 4.26. The van der Waals surface area contributed by atoms with Crippen molar-refractivity contribution in [1.29, 1.82) is 0 Å². The Morgan fingerprint density at radius 2 is 1.78 bits per heavy atom. The second kappa shape index (κ2) is 7.99. The Balaban J connectivity index is 1.29. The molecule has 1 saturated carbocycles. The van der Waals surface area contributed by atoms with Crippen LogP contribution in [0.5, 0.6) is 5.75 Å². The molecular weight excluding hydrogens is 314 g/mol. The molecule has 1 N–H and O–H groups in total. The van der Waals surface area contributed by atoms with Crippen LogP contribution in [0.2, 0.25) is 5.02 Å². The fraction of sp³-hybridized carbons (Fsp3) is 0.588. The van der Waals surface area contributed by atoms with Crippen LogP contribution in [0.3, 0.4) is 0 Å². The molecule has 126 valence electrons. The first-order valence-electron chi connectivity index (χ1n) is 8.31. The number of nitrogens with zero attached hydrogens (tertiary/aromatic N) is 2. The molecule has 2 fully saturated rings. The zero-order chi connectivity index (χ0) is 16.1. The highest BCUT2D eigenvalue weighted by atomic mass is 35.5. The van der Waals surface area contributed by atoms with Gasteiger partial charge in [0.05, 0.1) is 6.54 Å². The van der Waals surface area contributed by atoms with Gasteiger partial charge < -0.3 is 10.1 Å². The van der Waals surface area contributed by atoms with Gasteiger partial charge >= 0.3 is 0 Å². The van der Waals surface area contributed by atoms with Crippen molar-refractivity contribution in [2.24, 2.45) is 0 Å². The van der Waals surface area contributed by atoms with E-state index in [4.69, 9.17) is 16.3 Å². The standard InChI is InChI=1S/C17H24ClN3O2/c18-14-1-5-16(6-2-14)23-12-11-20-7-9-21(10-8-20)13-17(22)19-15-3-4-15/h1-2,5-6,15H,3-4,7-13H2,(H,19,22). The number of halogens is 1. The number of nitrogens with one attached hydrogen (secondary N) is 1. The molecule has 1 amide bonds. The molecule has 0 spiro atoms. The first-order valence-corrected chi connectivity index (χ1v) is 8.69. The van der Waals surface area contributed by atoms with Crippen molar-refractivity contribution in [1.82, 2.24) is 15.1 Å². The molecule has 2 aliphatic rings. The number of hydrogen-bond acceptors (Lipinski definition) is 4. The summed E-state index contributed by atoms with van der Waals surface area (Å²) in [7, 11) is 0. The van der Waals surface area contributed by atoms with Gasteiger partial charge in [0.1, 0.15) is 12.4 Å². The topological polar surface area (TPSA) is 44.8 Å². The minimum Gasteiger partial charge on any atom is -0.492 e. The third-order valence-corrected chi connectivity index (χ3v) is 4.52. The predicted molar refractivity (Wildman–Crippen MR) is 91.0 cm³/mol. The van der Waals surface area contributed by atoms with E-state index in [1.165, 1.54) is 0 Å². The number of carbonyl (C=O) groups excluding carboxylic acids is 1. The van der Waals surface area contributed by atoms with Crippen molar-refractivity contribution >= 4 is 17.5 Å². The highest BCUT2D eigenvalue weighted by Gasteiger charge is 2.25. The lowest BCUT2D eigenvalue weighted by Gasteiger charge is -2.34. The van der Waals surface area contributed by atoms with Gasteiger partial charge in [0.15, 0.2) is 0 Å². The van der Waals surface area contributed by atoms with E-state index in [-0.39, 0.29) is 5.91 Å². The molecule has 0 unspecified atom stereocenters. The predicted octanol–water partition coefficient (Wildman–Crippen LogP) is 1.61. The number of benzene rings is 1. The lowest BCUT2D eigenvalue weighted by molar-refractivity contribution is -0.122. The van der Waals surface area contributed by atoms with Crippen LogP contribution in [-0.2, 0) is 4.79 Å². The van der Waals surface area contributed by atoms with Crippen LogP contribution >= 0.6 is 11.6 Å². The van der Waals surface area contributed by atoms with E-state index < -0.39 is 0 Å². The Morgan fingerprint density at radius 1 is 1.13 bits per heavy atom. The average Bonchev–Trinajstić information content (AvgIpc) is 3.35. The maximum absolute atomic E-state index is 11.8. The number of rotatable bonds is 7. The minimum absolute atomic E-state index is 0.173. The van der Waals surface area contributed by atoms with E-state index in [1.54, 1.807) is 0 Å². The number of amides is 1. The zero-order valence-corrected chi connectivity index (χ0v) is 14.1. The summed E-state index contributed by atoms with van der Waals surface area (Å²) >= 11 is 5.85. The van der Waals surface area contributed by atoms with Gasteiger partial charge in [-0.1, -0.05) is 11.6 Å². The van der Waals surface area contributed by atoms with Crippen LogP contribution < -0.4 is 10.1 Å². The van der Waals surface area contributed by atoms with Crippen LogP contribution in [-0.4, -0.2) is 67.6 Å². The Kier molecular flexibility index (Phi) is 5.75. The summed E-state index contributed by atoms with van der Waals surface area (Å²) < 4.78 is 5.73. The molecule has 1 aliphatic carbocycles. The molecule has 23 heavy (non-hydrogen) atoms. The van der Waals surface area contributed by atoms with Crippen molar-refractivity contribution in [3.8, 4) is 5.75 Å². The Bertz CT molecular complexity index is 511. The van der Waals surface area contributed by atoms with E-state index in [2.05, 4.69) is 15.1 Å². The fourth-order valence-electron chi connectivity index (χ4n) is 2.70. The zero-order valence-electron chi connectivity index (χ0n) is 13.3. The van der Waals surface area contributed by atoms with Gasteiger partial charge in [-0.3, -0.25) is 14.6 Å². The number of carbonyl (C=O) groups is 1. The molecule has 0 atom stereocenters. The maximum Gasteiger partial charge on any atom is 0.234 e. The van der Waals surface area contributed by atoms with Crippen molar-refractivity contribution < 1.29 is 9.53 Å². The van der Waals surface area contributed by atoms with Gasteiger partial charge in [0.2, 0.25) is 5.91 Å². The Hall–Kier alpha value is -1.30. The van der Waals surface area contributed by atoms with E-state index in [1.807, 2.05) is 24.3 Å². The van der Waals surface area contributed by atoms with Crippen molar-refractivity contribution in [3.63, 3.8) is 0 Å². The van der Waals surface area contributed by atoms with Crippen molar-refractivity contribution in [2.75, 3.05) is 45.9 Å². The van der Waals surface area contributed by atoms with Gasteiger partial charge in [-0.15, -0.1) is 0 Å². The summed E-state index contributed by atoms with van der Waals surface area (Å²) in [4.78, 5) is 16.4. The van der Waals surface area contributed by atoms with Gasteiger partial charge in [0, 0.05) is 43.8 Å². The summed E-state index contributed by atoms with van der Waals surface area (Å²) in [6.07, 6.45) is 2.29. The van der Waals surface area contributed by atoms with E-state index in [0.29, 0.717) is 19.2 Å². The maximum atomic E-state index is 11.8. The molecule has 1 saturated heterocycles. The first-order chi connectivity index (χ1) is 11.2. The average molecular weight is 338 g/mol. The molecule has 0 radical (unpaired) electrons. The quantitative estimate of drug-likeness (QED) is 0.821. The van der Waals surface area contributed by atoms with E-state index in [9.17, 15) is 4.79 Å². The van der Waals surface area contributed by atoms with Crippen LogP contribution in [0.25, 0.3) is 0 Å². The van der Waals surface area contributed by atoms with E-state index in [0.717, 1.165) is 56.3 Å². The molecule has 1 aliphatic heterocycles. The third kappa shape index (κ3) is 5.68. The van der Waals surface area contributed by atoms with Crippen molar-refractivity contribution in [3.05, 3.63) is 29.3 Å². The molecule has 1 aromatic carbocycles. The van der Waals surface area contributed by atoms with Crippen LogP contribution in [0, 0.1) is 0 Å². The Labute approximate surface area is 142 Å². The summed E-state index contributed by atoms with van der Waals surface area (Å²) in [5.74, 6) is 1.02. The molecule has 3 rings (SSSR count). The number of piperazine rings is 1. The molecular formula is C17H24ClN3O2. The molecule has 0 aromatic heterocycles. The highest BCUT2D eigenvalue weighted by molar-refractivity contribution is 6.30. The number of ether oxygens (including phenoxy) is 1. The van der Waals surface area contributed by atoms with Gasteiger partial charge in [-0.25, -0.2) is 0 Å². The summed E-state index contributed by atoms with van der Waals surface area (Å²) in [5, 5.41) is 3.77. The molecule has 1 heterocycles. The summed E-state index contributed by atoms with van der Waals surface area (Å²) in [6.45, 7) is 5.97. The molecule has 1 aromatic rings. The van der Waals surface area contributed by atoms with Gasteiger partial charge in [-0.2, -0.15) is 0 Å². The molecule has 0 bridgehead atoms. The normalized spacial score (nSPS) is 19.5. The fourth-order valence-corrected chi connectivity index (χ4v) is 2.82.